The minimum absolute atomic E-state index is 0.0885. The van der Waals surface area contributed by atoms with Crippen molar-refractivity contribution in [1.29, 1.82) is 0 Å². The number of allylic oxidation sites excluding steroid dienone is 4. The maximum atomic E-state index is 11.0. The Morgan fingerprint density at radius 1 is 1.18 bits per heavy atom. The number of nitro benzene ring substituents is 2. The van der Waals surface area contributed by atoms with Crippen LogP contribution in [0.25, 0.3) is 0 Å². The van der Waals surface area contributed by atoms with Gasteiger partial charge in [-0.25, -0.2) is 0 Å². The number of non-ortho nitro benzene ring substituents is 1. The molecule has 0 saturated heterocycles. The average Bonchev–Trinajstić information content (AvgIpc) is 2.44. The highest BCUT2D eigenvalue weighted by Gasteiger charge is 2.19. The van der Waals surface area contributed by atoms with Gasteiger partial charge in [0.25, 0.3) is 5.69 Å². The van der Waals surface area contributed by atoms with Crippen LogP contribution >= 0.6 is 0 Å². The number of nitrogens with zero attached hydrogens (tertiary/aromatic N) is 3. The fourth-order valence-electron chi connectivity index (χ4n) is 1.44. The highest BCUT2D eigenvalue weighted by atomic mass is 16.6. The summed E-state index contributed by atoms with van der Waals surface area (Å²) >= 11 is 0. The number of nitrogens with one attached hydrogen (secondary N) is 1. The number of hydrogen-bond donors (Lipinski definition) is 1. The third kappa shape index (κ3) is 5.16. The standard InChI is InChI=1S/C14H16N4O4/c1-10(2)5-4-6-11(3)15-16-13-8-7-12(17(19)20)9-14(13)18(21)22/h4-9,16H,1-3H3/b6-4+,15-11+. The van der Waals surface area contributed by atoms with Crippen molar-refractivity contribution >= 4 is 22.8 Å². The summed E-state index contributed by atoms with van der Waals surface area (Å²) in [6.07, 6.45) is 5.44. The van der Waals surface area contributed by atoms with E-state index in [1.54, 1.807) is 19.1 Å². The van der Waals surface area contributed by atoms with Gasteiger partial charge in [-0.3, -0.25) is 25.7 Å². The van der Waals surface area contributed by atoms with Gasteiger partial charge in [-0.05, 0) is 32.9 Å². The topological polar surface area (TPSA) is 111 Å². The fourth-order valence-corrected chi connectivity index (χ4v) is 1.44. The van der Waals surface area contributed by atoms with Gasteiger partial charge in [-0.2, -0.15) is 5.10 Å². The average molecular weight is 304 g/mol. The molecular weight excluding hydrogens is 288 g/mol. The van der Waals surface area contributed by atoms with Gasteiger partial charge in [0.1, 0.15) is 5.69 Å². The number of anilines is 1. The molecule has 1 rings (SSSR count). The van der Waals surface area contributed by atoms with Gasteiger partial charge in [-0.15, -0.1) is 0 Å². The van der Waals surface area contributed by atoms with Crippen molar-refractivity contribution in [3.8, 4) is 0 Å². The quantitative estimate of drug-likeness (QED) is 0.372. The Hall–Kier alpha value is -3.03. The van der Waals surface area contributed by atoms with Crippen LogP contribution in [0.1, 0.15) is 20.8 Å². The van der Waals surface area contributed by atoms with Crippen LogP contribution in [0, 0.1) is 20.2 Å². The zero-order valence-corrected chi connectivity index (χ0v) is 12.4. The first-order valence-electron chi connectivity index (χ1n) is 6.36. The zero-order chi connectivity index (χ0) is 16.7. The summed E-state index contributed by atoms with van der Waals surface area (Å²) in [5, 5.41) is 25.6. The summed E-state index contributed by atoms with van der Waals surface area (Å²) in [5.74, 6) is 0. The molecule has 1 aromatic rings. The summed E-state index contributed by atoms with van der Waals surface area (Å²) in [6, 6.07) is 3.33. The van der Waals surface area contributed by atoms with Gasteiger partial charge < -0.3 is 0 Å². The molecule has 1 aromatic carbocycles. The van der Waals surface area contributed by atoms with Gasteiger partial charge in [0, 0.05) is 6.07 Å². The van der Waals surface area contributed by atoms with E-state index in [0.29, 0.717) is 5.71 Å². The molecule has 0 aliphatic heterocycles. The molecule has 0 aromatic heterocycles. The van der Waals surface area contributed by atoms with E-state index in [4.69, 9.17) is 0 Å². The molecule has 0 radical (unpaired) electrons. The summed E-state index contributed by atoms with van der Waals surface area (Å²) in [4.78, 5) is 20.2. The monoisotopic (exact) mass is 304 g/mol. The van der Waals surface area contributed by atoms with Crippen LogP contribution in [-0.4, -0.2) is 15.6 Å². The molecule has 0 aliphatic carbocycles. The van der Waals surface area contributed by atoms with Crippen LogP contribution in [0.2, 0.25) is 0 Å². The molecule has 8 heteroatoms. The SMILES string of the molecule is CC(C)=C/C=C/C(C)=N/Nc1ccc([N+](=O)[O-])cc1[N+](=O)[O-]. The van der Waals surface area contributed by atoms with E-state index in [0.717, 1.165) is 11.6 Å². The van der Waals surface area contributed by atoms with Crippen LogP contribution < -0.4 is 5.43 Å². The van der Waals surface area contributed by atoms with Gasteiger partial charge in [0.15, 0.2) is 0 Å². The van der Waals surface area contributed by atoms with E-state index in [1.165, 1.54) is 12.1 Å². The molecule has 0 bridgehead atoms. The van der Waals surface area contributed by atoms with Gasteiger partial charge in [-0.1, -0.05) is 17.7 Å². The fraction of sp³-hybridized carbons (Fsp3) is 0.214. The van der Waals surface area contributed by atoms with E-state index in [2.05, 4.69) is 10.5 Å². The highest BCUT2D eigenvalue weighted by Crippen LogP contribution is 2.28. The van der Waals surface area contributed by atoms with E-state index < -0.39 is 15.5 Å². The maximum absolute atomic E-state index is 11.0. The Morgan fingerprint density at radius 2 is 1.86 bits per heavy atom. The minimum Gasteiger partial charge on any atom is -0.271 e. The van der Waals surface area contributed by atoms with E-state index in [1.807, 2.05) is 19.9 Å². The van der Waals surface area contributed by atoms with Crippen molar-refractivity contribution in [2.75, 3.05) is 5.43 Å². The largest absolute Gasteiger partial charge is 0.301 e. The van der Waals surface area contributed by atoms with Crippen molar-refractivity contribution in [2.24, 2.45) is 5.10 Å². The summed E-state index contributed by atoms with van der Waals surface area (Å²) < 4.78 is 0. The van der Waals surface area contributed by atoms with Crippen molar-refractivity contribution in [3.63, 3.8) is 0 Å². The number of nitro groups is 2. The highest BCUT2D eigenvalue weighted by molar-refractivity contribution is 5.93. The van der Waals surface area contributed by atoms with Gasteiger partial charge >= 0.3 is 5.69 Å². The Morgan fingerprint density at radius 3 is 2.41 bits per heavy atom. The van der Waals surface area contributed by atoms with Crippen LogP contribution in [0.3, 0.4) is 0 Å². The lowest BCUT2D eigenvalue weighted by Crippen LogP contribution is -2.00. The molecule has 116 valence electrons. The van der Waals surface area contributed by atoms with E-state index >= 15 is 0 Å². The number of hydrazone groups is 1. The summed E-state index contributed by atoms with van der Waals surface area (Å²) in [5.41, 5.74) is 3.62. The lowest BCUT2D eigenvalue weighted by Gasteiger charge is -2.02. The normalized spacial score (nSPS) is 11.3. The van der Waals surface area contributed by atoms with Crippen molar-refractivity contribution < 1.29 is 9.85 Å². The smallest absolute Gasteiger partial charge is 0.271 e. The number of rotatable bonds is 6. The second-order valence-corrected chi connectivity index (χ2v) is 4.68. The van der Waals surface area contributed by atoms with Crippen LogP contribution in [0.15, 0.2) is 47.1 Å². The van der Waals surface area contributed by atoms with Gasteiger partial charge in [0.05, 0.1) is 21.6 Å². The molecule has 22 heavy (non-hydrogen) atoms. The molecule has 0 saturated carbocycles. The molecule has 0 fully saturated rings. The molecule has 0 atom stereocenters. The van der Waals surface area contributed by atoms with Crippen molar-refractivity contribution in [3.05, 3.63) is 62.2 Å². The van der Waals surface area contributed by atoms with E-state index in [-0.39, 0.29) is 11.4 Å². The Kier molecular flexibility index (Phi) is 5.94. The minimum atomic E-state index is -0.695. The predicted octanol–water partition coefficient (Wildman–Crippen LogP) is 3.81. The summed E-state index contributed by atoms with van der Waals surface area (Å²) in [7, 11) is 0. The number of benzene rings is 1. The second-order valence-electron chi connectivity index (χ2n) is 4.68. The van der Waals surface area contributed by atoms with Crippen LogP contribution in [-0.2, 0) is 0 Å². The first kappa shape index (κ1) is 17.0. The molecule has 0 unspecified atom stereocenters. The Labute approximate surface area is 127 Å². The molecule has 0 amide bonds. The maximum Gasteiger partial charge on any atom is 0.301 e. The molecule has 0 heterocycles. The Balaban J connectivity index is 2.98. The third-order valence-corrected chi connectivity index (χ3v) is 2.51. The van der Waals surface area contributed by atoms with Gasteiger partial charge in [0.2, 0.25) is 0 Å². The number of hydrogen-bond acceptors (Lipinski definition) is 6. The molecule has 8 nitrogen and oxygen atoms in total. The molecule has 0 aliphatic rings. The van der Waals surface area contributed by atoms with Crippen molar-refractivity contribution in [2.45, 2.75) is 20.8 Å². The molecular formula is C14H16N4O4. The molecule has 0 spiro atoms. The first-order valence-corrected chi connectivity index (χ1v) is 6.36. The summed E-state index contributed by atoms with van der Waals surface area (Å²) in [6.45, 7) is 5.63. The van der Waals surface area contributed by atoms with E-state index in [9.17, 15) is 20.2 Å². The molecule has 1 N–H and O–H groups in total. The van der Waals surface area contributed by atoms with Crippen molar-refractivity contribution in [1.82, 2.24) is 0 Å². The Bertz CT molecular complexity index is 673. The zero-order valence-electron chi connectivity index (χ0n) is 12.4. The predicted molar refractivity (Wildman–Crippen MR) is 85.1 cm³/mol. The lowest BCUT2D eigenvalue weighted by atomic mass is 10.2. The second kappa shape index (κ2) is 7.67. The third-order valence-electron chi connectivity index (χ3n) is 2.51. The van der Waals surface area contributed by atoms with Crippen LogP contribution in [0.4, 0.5) is 17.1 Å². The van der Waals surface area contributed by atoms with Crippen LogP contribution in [0.5, 0.6) is 0 Å². The first-order chi connectivity index (χ1) is 10.3. The lowest BCUT2D eigenvalue weighted by molar-refractivity contribution is -0.393.